The highest BCUT2D eigenvalue weighted by molar-refractivity contribution is 5.82. The van der Waals surface area contributed by atoms with E-state index in [1.165, 1.54) is 12.5 Å². The number of allylic oxidation sites excluding steroid dienone is 3. The molecule has 0 heterocycles. The van der Waals surface area contributed by atoms with Gasteiger partial charge in [-0.05, 0) is 38.8 Å². The highest BCUT2D eigenvalue weighted by Crippen LogP contribution is 2.32. The molecule has 0 radical (unpaired) electrons. The maximum atomic E-state index is 12.2. The number of rotatable bonds is 10. The molecule has 0 spiro atoms. The van der Waals surface area contributed by atoms with Gasteiger partial charge in [0, 0.05) is 30.9 Å². The number of benzene rings is 1. The molecule has 6 heteroatoms. The van der Waals surface area contributed by atoms with Gasteiger partial charge < -0.3 is 20.7 Å². The number of carbonyl (C=O) groups is 2. The Hall–Kier alpha value is -3.02. The van der Waals surface area contributed by atoms with Crippen LogP contribution in [0.2, 0.25) is 0 Å². The first-order chi connectivity index (χ1) is 13.7. The van der Waals surface area contributed by atoms with Crippen molar-refractivity contribution < 1.29 is 14.3 Å². The standard InChI is InChI=1S/C23H33N3O3/c1-8-10-15(2)13-19-11-9-12-20(22(19)29-7)26-21(17(4)23(28)24-6)14-16(3)25-18(5)27/h9-12,14,17,26H,3,8,13H2,1-2,4-7H3,(H,24,28)(H,25,27)/b15-10-,21-14+. The van der Waals surface area contributed by atoms with Crippen molar-refractivity contribution >= 4 is 17.5 Å². The first-order valence-corrected chi connectivity index (χ1v) is 9.71. The monoisotopic (exact) mass is 399 g/mol. The quantitative estimate of drug-likeness (QED) is 0.411. The summed E-state index contributed by atoms with van der Waals surface area (Å²) in [5.41, 5.74) is 4.04. The summed E-state index contributed by atoms with van der Waals surface area (Å²) < 4.78 is 5.68. The van der Waals surface area contributed by atoms with E-state index in [9.17, 15) is 9.59 Å². The summed E-state index contributed by atoms with van der Waals surface area (Å²) >= 11 is 0. The smallest absolute Gasteiger partial charge is 0.228 e. The van der Waals surface area contributed by atoms with Crippen LogP contribution in [-0.4, -0.2) is 26.0 Å². The lowest BCUT2D eigenvalue weighted by Gasteiger charge is -2.21. The molecular weight excluding hydrogens is 366 g/mol. The molecule has 1 unspecified atom stereocenters. The van der Waals surface area contributed by atoms with E-state index in [1.807, 2.05) is 18.2 Å². The van der Waals surface area contributed by atoms with Crippen LogP contribution in [0.15, 0.2) is 53.9 Å². The zero-order valence-electron chi connectivity index (χ0n) is 18.3. The largest absolute Gasteiger partial charge is 0.494 e. The Bertz CT molecular complexity index is 810. The number of anilines is 1. The SMILES string of the molecule is C=C(/C=C(/Nc1cccc(C/C(C)=C\CC)c1OC)C(C)C(=O)NC)NC(C)=O. The van der Waals surface area contributed by atoms with E-state index in [-0.39, 0.29) is 11.8 Å². The van der Waals surface area contributed by atoms with Gasteiger partial charge in [-0.1, -0.05) is 37.3 Å². The van der Waals surface area contributed by atoms with Gasteiger partial charge >= 0.3 is 0 Å². The third kappa shape index (κ3) is 7.49. The molecule has 1 atom stereocenters. The Balaban J connectivity index is 3.32. The number of carbonyl (C=O) groups excluding carboxylic acids is 2. The van der Waals surface area contributed by atoms with Crippen LogP contribution in [0.3, 0.4) is 0 Å². The maximum absolute atomic E-state index is 12.2. The van der Waals surface area contributed by atoms with E-state index in [0.717, 1.165) is 29.8 Å². The predicted octanol–water partition coefficient (Wildman–Crippen LogP) is 3.92. The zero-order chi connectivity index (χ0) is 22.0. The van der Waals surface area contributed by atoms with Crippen LogP contribution in [0.4, 0.5) is 5.69 Å². The summed E-state index contributed by atoms with van der Waals surface area (Å²) in [5.74, 6) is -0.149. The highest BCUT2D eigenvalue weighted by atomic mass is 16.5. The molecule has 0 aromatic heterocycles. The molecule has 2 amide bonds. The molecule has 0 fully saturated rings. The summed E-state index contributed by atoms with van der Waals surface area (Å²) in [6.45, 7) is 11.2. The summed E-state index contributed by atoms with van der Waals surface area (Å²) in [5, 5.41) is 8.59. The van der Waals surface area contributed by atoms with Gasteiger partial charge in [0.05, 0.1) is 18.7 Å². The average molecular weight is 400 g/mol. The van der Waals surface area contributed by atoms with Crippen molar-refractivity contribution in [3.05, 3.63) is 59.5 Å². The van der Waals surface area contributed by atoms with E-state index >= 15 is 0 Å². The second kappa shape index (κ2) is 11.7. The first-order valence-electron chi connectivity index (χ1n) is 9.71. The molecule has 0 aliphatic rings. The van der Waals surface area contributed by atoms with Crippen LogP contribution in [-0.2, 0) is 16.0 Å². The molecule has 3 N–H and O–H groups in total. The lowest BCUT2D eigenvalue weighted by atomic mass is 10.0. The van der Waals surface area contributed by atoms with Crippen molar-refractivity contribution in [3.8, 4) is 5.75 Å². The van der Waals surface area contributed by atoms with Crippen molar-refractivity contribution in [1.82, 2.24) is 10.6 Å². The predicted molar refractivity (Wildman–Crippen MR) is 119 cm³/mol. The van der Waals surface area contributed by atoms with E-state index < -0.39 is 5.92 Å². The fraction of sp³-hybridized carbons (Fsp3) is 0.391. The molecule has 0 aliphatic heterocycles. The summed E-state index contributed by atoms with van der Waals surface area (Å²) in [6, 6.07) is 5.87. The van der Waals surface area contributed by atoms with Crippen LogP contribution in [0.5, 0.6) is 5.75 Å². The second-order valence-electron chi connectivity index (χ2n) is 6.90. The summed E-state index contributed by atoms with van der Waals surface area (Å²) in [6.07, 6.45) is 5.61. The molecule has 1 aromatic carbocycles. The van der Waals surface area contributed by atoms with Crippen LogP contribution in [0, 0.1) is 5.92 Å². The fourth-order valence-electron chi connectivity index (χ4n) is 3.02. The Morgan fingerprint density at radius 2 is 1.97 bits per heavy atom. The van der Waals surface area contributed by atoms with Gasteiger partial charge in [0.2, 0.25) is 11.8 Å². The van der Waals surface area contributed by atoms with Gasteiger partial charge in [-0.2, -0.15) is 0 Å². The van der Waals surface area contributed by atoms with Crippen LogP contribution < -0.4 is 20.7 Å². The Morgan fingerprint density at radius 3 is 2.52 bits per heavy atom. The van der Waals surface area contributed by atoms with Crippen molar-refractivity contribution in [2.45, 2.75) is 40.5 Å². The molecule has 0 saturated heterocycles. The van der Waals surface area contributed by atoms with Crippen LogP contribution in [0.25, 0.3) is 0 Å². The molecule has 1 aromatic rings. The lowest BCUT2D eigenvalue weighted by molar-refractivity contribution is -0.123. The number of hydrogen-bond donors (Lipinski definition) is 3. The van der Waals surface area contributed by atoms with Crippen molar-refractivity contribution in [2.24, 2.45) is 5.92 Å². The lowest BCUT2D eigenvalue weighted by Crippen LogP contribution is -2.29. The Kier molecular flexibility index (Phi) is 9.72. The molecule has 29 heavy (non-hydrogen) atoms. The highest BCUT2D eigenvalue weighted by Gasteiger charge is 2.19. The van der Waals surface area contributed by atoms with Crippen LogP contribution >= 0.6 is 0 Å². The van der Waals surface area contributed by atoms with Crippen LogP contribution in [0.1, 0.15) is 39.7 Å². The minimum absolute atomic E-state index is 0.156. The van der Waals surface area contributed by atoms with Gasteiger partial charge in [-0.25, -0.2) is 0 Å². The van der Waals surface area contributed by atoms with Gasteiger partial charge in [-0.15, -0.1) is 0 Å². The molecule has 0 bridgehead atoms. The van der Waals surface area contributed by atoms with Crippen molar-refractivity contribution in [2.75, 3.05) is 19.5 Å². The molecule has 0 aliphatic carbocycles. The fourth-order valence-corrected chi connectivity index (χ4v) is 3.02. The van der Waals surface area contributed by atoms with E-state index in [1.54, 1.807) is 27.2 Å². The third-order valence-corrected chi connectivity index (χ3v) is 4.37. The molecule has 0 saturated carbocycles. The number of methoxy groups -OCH3 is 1. The van der Waals surface area contributed by atoms with Crippen molar-refractivity contribution in [1.29, 1.82) is 0 Å². The van der Waals surface area contributed by atoms with E-state index in [2.05, 4.69) is 42.5 Å². The number of ether oxygens (including phenoxy) is 1. The minimum Gasteiger partial charge on any atom is -0.494 e. The van der Waals surface area contributed by atoms with Crippen molar-refractivity contribution in [3.63, 3.8) is 0 Å². The van der Waals surface area contributed by atoms with Gasteiger partial charge in [0.1, 0.15) is 5.75 Å². The molecular formula is C23H33N3O3. The second-order valence-corrected chi connectivity index (χ2v) is 6.90. The number of amides is 2. The Morgan fingerprint density at radius 1 is 1.28 bits per heavy atom. The zero-order valence-corrected chi connectivity index (χ0v) is 18.3. The summed E-state index contributed by atoms with van der Waals surface area (Å²) in [7, 11) is 3.22. The molecule has 158 valence electrons. The van der Waals surface area contributed by atoms with Gasteiger partial charge in [0.15, 0.2) is 0 Å². The van der Waals surface area contributed by atoms with E-state index in [4.69, 9.17) is 4.74 Å². The molecule has 6 nitrogen and oxygen atoms in total. The topological polar surface area (TPSA) is 79.5 Å². The number of hydrogen-bond acceptors (Lipinski definition) is 4. The normalized spacial score (nSPS) is 12.8. The van der Waals surface area contributed by atoms with Gasteiger partial charge in [-0.3, -0.25) is 9.59 Å². The Labute approximate surface area is 174 Å². The van der Waals surface area contributed by atoms with E-state index in [0.29, 0.717) is 11.4 Å². The number of nitrogens with one attached hydrogen (secondary N) is 3. The summed E-state index contributed by atoms with van der Waals surface area (Å²) in [4.78, 5) is 23.6. The average Bonchev–Trinajstić information content (AvgIpc) is 2.66. The third-order valence-electron chi connectivity index (χ3n) is 4.37. The minimum atomic E-state index is -0.486. The first kappa shape index (κ1) is 24.0. The van der Waals surface area contributed by atoms with Gasteiger partial charge in [0.25, 0.3) is 0 Å². The maximum Gasteiger partial charge on any atom is 0.228 e. The molecule has 1 rings (SSSR count). The number of para-hydroxylation sites is 1.